The SMILES string of the molecule is CCNC1CCCN(c2ccc(S(N)(=O)=O)cc2)C1. The van der Waals surface area contributed by atoms with Crippen LogP contribution < -0.4 is 15.4 Å². The van der Waals surface area contributed by atoms with Crippen LogP contribution in [0.3, 0.4) is 0 Å². The summed E-state index contributed by atoms with van der Waals surface area (Å²) < 4.78 is 22.4. The normalized spacial score (nSPS) is 20.5. The minimum atomic E-state index is -3.60. The number of rotatable bonds is 4. The molecule has 0 saturated carbocycles. The van der Waals surface area contributed by atoms with E-state index in [4.69, 9.17) is 5.14 Å². The van der Waals surface area contributed by atoms with Crippen LogP contribution in [-0.4, -0.2) is 34.1 Å². The fraction of sp³-hybridized carbons (Fsp3) is 0.538. The molecule has 1 aromatic carbocycles. The summed E-state index contributed by atoms with van der Waals surface area (Å²) in [6, 6.07) is 7.31. The van der Waals surface area contributed by atoms with Crippen LogP contribution in [0.1, 0.15) is 19.8 Å². The Labute approximate surface area is 114 Å². The van der Waals surface area contributed by atoms with Gasteiger partial charge < -0.3 is 10.2 Å². The molecule has 5 nitrogen and oxygen atoms in total. The Bertz CT molecular complexity index is 511. The molecule has 2 rings (SSSR count). The van der Waals surface area contributed by atoms with Gasteiger partial charge in [0.25, 0.3) is 0 Å². The van der Waals surface area contributed by atoms with Crippen molar-refractivity contribution < 1.29 is 8.42 Å². The predicted molar refractivity (Wildman–Crippen MR) is 76.7 cm³/mol. The van der Waals surface area contributed by atoms with Crippen molar-refractivity contribution in [3.05, 3.63) is 24.3 Å². The maximum absolute atomic E-state index is 11.2. The van der Waals surface area contributed by atoms with Crippen LogP contribution in [0.25, 0.3) is 0 Å². The third kappa shape index (κ3) is 3.68. The summed E-state index contributed by atoms with van der Waals surface area (Å²) in [4.78, 5) is 2.44. The van der Waals surface area contributed by atoms with Crippen LogP contribution in [-0.2, 0) is 10.0 Å². The summed E-state index contributed by atoms with van der Waals surface area (Å²) in [7, 11) is -3.60. The number of anilines is 1. The predicted octanol–water partition coefficient (Wildman–Crippen LogP) is 0.912. The van der Waals surface area contributed by atoms with Crippen LogP contribution in [0.5, 0.6) is 0 Å². The van der Waals surface area contributed by atoms with E-state index in [1.807, 2.05) is 12.1 Å². The highest BCUT2D eigenvalue weighted by molar-refractivity contribution is 7.89. The fourth-order valence-electron chi connectivity index (χ4n) is 2.51. The number of primary sulfonamides is 1. The zero-order valence-electron chi connectivity index (χ0n) is 11.2. The van der Waals surface area contributed by atoms with Gasteiger partial charge in [0.1, 0.15) is 0 Å². The standard InChI is InChI=1S/C13H21N3O2S/c1-2-15-11-4-3-9-16(10-11)12-5-7-13(8-6-12)19(14,17)18/h5-8,11,15H,2-4,9-10H2,1H3,(H2,14,17,18). The molecule has 0 amide bonds. The molecule has 1 aromatic rings. The van der Waals surface area contributed by atoms with Crippen molar-refractivity contribution in [2.24, 2.45) is 5.14 Å². The van der Waals surface area contributed by atoms with E-state index in [0.29, 0.717) is 6.04 Å². The van der Waals surface area contributed by atoms with Crippen molar-refractivity contribution in [2.75, 3.05) is 24.5 Å². The van der Waals surface area contributed by atoms with Crippen molar-refractivity contribution in [3.63, 3.8) is 0 Å². The van der Waals surface area contributed by atoms with E-state index < -0.39 is 10.0 Å². The van der Waals surface area contributed by atoms with Crippen LogP contribution in [0.15, 0.2) is 29.2 Å². The van der Waals surface area contributed by atoms with Crippen molar-refractivity contribution >= 4 is 15.7 Å². The Kier molecular flexibility index (Phi) is 4.44. The Balaban J connectivity index is 2.09. The summed E-state index contributed by atoms with van der Waals surface area (Å²) in [6.07, 6.45) is 2.34. The van der Waals surface area contributed by atoms with E-state index in [9.17, 15) is 8.42 Å². The zero-order chi connectivity index (χ0) is 13.9. The maximum atomic E-state index is 11.2. The molecule has 0 aromatic heterocycles. The topological polar surface area (TPSA) is 75.4 Å². The Morgan fingerprint density at radius 3 is 2.63 bits per heavy atom. The van der Waals surface area contributed by atoms with Crippen molar-refractivity contribution in [3.8, 4) is 0 Å². The maximum Gasteiger partial charge on any atom is 0.238 e. The average molecular weight is 283 g/mol. The van der Waals surface area contributed by atoms with Gasteiger partial charge in [-0.15, -0.1) is 0 Å². The van der Waals surface area contributed by atoms with Crippen molar-refractivity contribution in [1.82, 2.24) is 5.32 Å². The molecule has 106 valence electrons. The van der Waals surface area contributed by atoms with E-state index in [2.05, 4.69) is 17.1 Å². The zero-order valence-corrected chi connectivity index (χ0v) is 12.0. The monoisotopic (exact) mass is 283 g/mol. The number of nitrogens with one attached hydrogen (secondary N) is 1. The molecule has 1 aliphatic rings. The molecule has 3 N–H and O–H groups in total. The molecule has 1 fully saturated rings. The third-order valence-corrected chi connectivity index (χ3v) is 4.37. The number of hydrogen-bond acceptors (Lipinski definition) is 4. The number of nitrogens with two attached hydrogens (primary N) is 1. The van der Waals surface area contributed by atoms with E-state index in [1.165, 1.54) is 6.42 Å². The summed E-state index contributed by atoms with van der Waals surface area (Å²) in [6.45, 7) is 5.06. The van der Waals surface area contributed by atoms with Gasteiger partial charge in [-0.05, 0) is 43.7 Å². The lowest BCUT2D eigenvalue weighted by Crippen LogP contribution is -2.45. The van der Waals surface area contributed by atoms with E-state index in [-0.39, 0.29) is 4.90 Å². The Morgan fingerprint density at radius 1 is 1.37 bits per heavy atom. The molecule has 0 bridgehead atoms. The second-order valence-corrected chi connectivity index (χ2v) is 6.44. The van der Waals surface area contributed by atoms with Gasteiger partial charge in [-0.2, -0.15) is 0 Å². The first-order valence-corrected chi connectivity index (χ1v) is 8.16. The fourth-order valence-corrected chi connectivity index (χ4v) is 3.03. The van der Waals surface area contributed by atoms with Crippen LogP contribution in [0.2, 0.25) is 0 Å². The van der Waals surface area contributed by atoms with Crippen LogP contribution >= 0.6 is 0 Å². The highest BCUT2D eigenvalue weighted by atomic mass is 32.2. The van der Waals surface area contributed by atoms with Crippen LogP contribution in [0.4, 0.5) is 5.69 Å². The summed E-state index contributed by atoms with van der Waals surface area (Å²) in [5.41, 5.74) is 1.05. The number of nitrogens with zero attached hydrogens (tertiary/aromatic N) is 1. The average Bonchev–Trinajstić information content (AvgIpc) is 2.39. The molecule has 6 heteroatoms. The van der Waals surface area contributed by atoms with Crippen molar-refractivity contribution in [1.29, 1.82) is 0 Å². The lowest BCUT2D eigenvalue weighted by molar-refractivity contribution is 0.431. The molecule has 1 unspecified atom stereocenters. The van der Waals surface area contributed by atoms with E-state index in [0.717, 1.165) is 31.7 Å². The molecule has 0 aliphatic carbocycles. The summed E-state index contributed by atoms with van der Waals surface area (Å²) in [5.74, 6) is 0. The van der Waals surface area contributed by atoms with Gasteiger partial charge in [0.15, 0.2) is 0 Å². The van der Waals surface area contributed by atoms with Crippen molar-refractivity contribution in [2.45, 2.75) is 30.7 Å². The molecule has 1 heterocycles. The second-order valence-electron chi connectivity index (χ2n) is 4.88. The molecule has 0 radical (unpaired) electrons. The Hall–Kier alpha value is -1.11. The first kappa shape index (κ1) is 14.3. The van der Waals surface area contributed by atoms with Gasteiger partial charge in [-0.25, -0.2) is 13.6 Å². The van der Waals surface area contributed by atoms with Gasteiger partial charge in [0.2, 0.25) is 10.0 Å². The van der Waals surface area contributed by atoms with Gasteiger partial charge in [0, 0.05) is 24.8 Å². The number of sulfonamides is 1. The molecular weight excluding hydrogens is 262 g/mol. The first-order chi connectivity index (χ1) is 9.00. The summed E-state index contributed by atoms with van der Waals surface area (Å²) >= 11 is 0. The van der Waals surface area contributed by atoms with Gasteiger partial charge in [-0.3, -0.25) is 0 Å². The number of benzene rings is 1. The highest BCUT2D eigenvalue weighted by Crippen LogP contribution is 2.21. The molecule has 19 heavy (non-hydrogen) atoms. The molecular formula is C13H21N3O2S. The molecule has 1 saturated heterocycles. The number of piperidine rings is 1. The molecule has 0 spiro atoms. The van der Waals surface area contributed by atoms with Gasteiger partial charge in [0.05, 0.1) is 4.90 Å². The second kappa shape index (κ2) is 5.90. The van der Waals surface area contributed by atoms with E-state index in [1.54, 1.807) is 12.1 Å². The lowest BCUT2D eigenvalue weighted by atomic mass is 10.0. The largest absolute Gasteiger partial charge is 0.370 e. The first-order valence-electron chi connectivity index (χ1n) is 6.62. The third-order valence-electron chi connectivity index (χ3n) is 3.44. The van der Waals surface area contributed by atoms with Gasteiger partial charge in [-0.1, -0.05) is 6.92 Å². The van der Waals surface area contributed by atoms with E-state index >= 15 is 0 Å². The minimum Gasteiger partial charge on any atom is -0.370 e. The lowest BCUT2D eigenvalue weighted by Gasteiger charge is -2.34. The highest BCUT2D eigenvalue weighted by Gasteiger charge is 2.19. The van der Waals surface area contributed by atoms with Crippen LogP contribution in [0, 0.1) is 0 Å². The van der Waals surface area contributed by atoms with Gasteiger partial charge >= 0.3 is 0 Å². The molecule has 1 atom stereocenters. The smallest absolute Gasteiger partial charge is 0.238 e. The quantitative estimate of drug-likeness (QED) is 0.861. The number of likely N-dealkylation sites (N-methyl/N-ethyl adjacent to an activating group) is 1. The number of hydrogen-bond donors (Lipinski definition) is 2. The Morgan fingerprint density at radius 2 is 2.05 bits per heavy atom. The minimum absolute atomic E-state index is 0.163. The molecule has 1 aliphatic heterocycles. The summed E-state index contributed by atoms with van der Waals surface area (Å²) in [5, 5.41) is 8.56.